The summed E-state index contributed by atoms with van der Waals surface area (Å²) in [6.07, 6.45) is 1.65. The molecular weight excluding hydrogens is 332 g/mol. The summed E-state index contributed by atoms with van der Waals surface area (Å²) in [5.74, 6) is -0.383. The fraction of sp³-hybridized carbons (Fsp3) is 0.294. The second-order valence-electron chi connectivity index (χ2n) is 4.53. The molecule has 0 atom stereocenters. The van der Waals surface area contributed by atoms with Crippen molar-refractivity contribution < 1.29 is 9.53 Å². The Morgan fingerprint density at radius 2 is 1.87 bits per heavy atom. The van der Waals surface area contributed by atoms with Gasteiger partial charge in [-0.1, -0.05) is 37.6 Å². The van der Waals surface area contributed by atoms with E-state index in [1.807, 2.05) is 58.3 Å². The molecule has 6 heteroatoms. The summed E-state index contributed by atoms with van der Waals surface area (Å²) in [5.41, 5.74) is 1.59. The van der Waals surface area contributed by atoms with Gasteiger partial charge in [-0.15, -0.1) is 11.3 Å². The molecule has 0 saturated heterocycles. The van der Waals surface area contributed by atoms with Gasteiger partial charge in [0.25, 0.3) is 0 Å². The van der Waals surface area contributed by atoms with Crippen molar-refractivity contribution in [2.75, 3.05) is 21.2 Å². The molecule has 23 heavy (non-hydrogen) atoms. The Bertz CT molecular complexity index is 664. The SMILES string of the molecule is CC.COC(=O)c1sc(-c2ccc(Cl)cc2)cc1N=CN(C)C. The van der Waals surface area contributed by atoms with Gasteiger partial charge in [-0.25, -0.2) is 9.79 Å². The second kappa shape index (κ2) is 9.33. The smallest absolute Gasteiger partial charge is 0.350 e. The summed E-state index contributed by atoms with van der Waals surface area (Å²) in [6, 6.07) is 9.33. The molecule has 0 aliphatic heterocycles. The van der Waals surface area contributed by atoms with Crippen LogP contribution in [0.1, 0.15) is 23.5 Å². The highest BCUT2D eigenvalue weighted by atomic mass is 35.5. The van der Waals surface area contributed by atoms with Crippen LogP contribution in [0.5, 0.6) is 0 Å². The number of thiophene rings is 1. The molecule has 0 saturated carbocycles. The van der Waals surface area contributed by atoms with E-state index in [2.05, 4.69) is 4.99 Å². The number of hydrogen-bond acceptors (Lipinski definition) is 4. The molecule has 0 unspecified atom stereocenters. The van der Waals surface area contributed by atoms with Crippen molar-refractivity contribution in [2.45, 2.75) is 13.8 Å². The Balaban J connectivity index is 0.00000127. The average molecular weight is 353 g/mol. The number of aliphatic imine (C=N–C) groups is 1. The molecule has 2 aromatic rings. The van der Waals surface area contributed by atoms with Gasteiger partial charge in [0.15, 0.2) is 0 Å². The molecule has 1 aromatic heterocycles. The van der Waals surface area contributed by atoms with Gasteiger partial charge in [0.2, 0.25) is 0 Å². The molecule has 1 aromatic carbocycles. The topological polar surface area (TPSA) is 41.9 Å². The number of benzene rings is 1. The lowest BCUT2D eigenvalue weighted by Gasteiger charge is -2.02. The molecule has 2 rings (SSSR count). The van der Waals surface area contributed by atoms with Gasteiger partial charge in [0.1, 0.15) is 4.88 Å². The molecule has 0 N–H and O–H groups in total. The highest BCUT2D eigenvalue weighted by Crippen LogP contribution is 2.37. The molecule has 0 radical (unpaired) electrons. The summed E-state index contributed by atoms with van der Waals surface area (Å²) >= 11 is 7.25. The highest BCUT2D eigenvalue weighted by molar-refractivity contribution is 7.18. The quantitative estimate of drug-likeness (QED) is 0.436. The largest absolute Gasteiger partial charge is 0.465 e. The monoisotopic (exact) mass is 352 g/mol. The third-order valence-corrected chi connectivity index (χ3v) is 4.05. The third kappa shape index (κ3) is 5.37. The summed E-state index contributed by atoms with van der Waals surface area (Å²) in [6.45, 7) is 4.00. The van der Waals surface area contributed by atoms with Gasteiger partial charge < -0.3 is 9.64 Å². The molecule has 0 bridgehead atoms. The lowest BCUT2D eigenvalue weighted by molar-refractivity contribution is 0.0607. The van der Waals surface area contributed by atoms with Crippen LogP contribution < -0.4 is 0 Å². The van der Waals surface area contributed by atoms with E-state index < -0.39 is 0 Å². The summed E-state index contributed by atoms with van der Waals surface area (Å²) in [4.78, 5) is 19.4. The van der Waals surface area contributed by atoms with E-state index in [1.54, 1.807) is 11.2 Å². The summed E-state index contributed by atoms with van der Waals surface area (Å²) in [5, 5.41) is 0.675. The first-order valence-electron chi connectivity index (χ1n) is 7.20. The summed E-state index contributed by atoms with van der Waals surface area (Å²) < 4.78 is 4.81. The van der Waals surface area contributed by atoms with Crippen LogP contribution in [0.15, 0.2) is 35.3 Å². The number of carbonyl (C=O) groups excluding carboxylic acids is 1. The first-order valence-corrected chi connectivity index (χ1v) is 8.39. The van der Waals surface area contributed by atoms with Crippen LogP contribution in [0.2, 0.25) is 5.02 Å². The van der Waals surface area contributed by atoms with Crippen molar-refractivity contribution in [3.05, 3.63) is 40.2 Å². The van der Waals surface area contributed by atoms with Crippen molar-refractivity contribution in [3.8, 4) is 10.4 Å². The number of methoxy groups -OCH3 is 1. The number of carbonyl (C=O) groups is 1. The van der Waals surface area contributed by atoms with Crippen LogP contribution >= 0.6 is 22.9 Å². The minimum Gasteiger partial charge on any atom is -0.465 e. The summed E-state index contributed by atoms with van der Waals surface area (Å²) in [7, 11) is 5.10. The number of halogens is 1. The van der Waals surface area contributed by atoms with E-state index >= 15 is 0 Å². The van der Waals surface area contributed by atoms with Crippen molar-refractivity contribution in [2.24, 2.45) is 4.99 Å². The lowest BCUT2D eigenvalue weighted by atomic mass is 10.2. The van der Waals surface area contributed by atoms with Gasteiger partial charge in [0.05, 0.1) is 19.1 Å². The van der Waals surface area contributed by atoms with Gasteiger partial charge in [-0.3, -0.25) is 0 Å². The van der Waals surface area contributed by atoms with Crippen molar-refractivity contribution in [3.63, 3.8) is 0 Å². The number of rotatable bonds is 4. The minimum absolute atomic E-state index is 0.383. The fourth-order valence-electron chi connectivity index (χ4n) is 1.65. The first-order chi connectivity index (χ1) is 11.0. The zero-order valence-corrected chi connectivity index (χ0v) is 15.5. The van der Waals surface area contributed by atoms with E-state index in [0.29, 0.717) is 15.6 Å². The van der Waals surface area contributed by atoms with Gasteiger partial charge in [0, 0.05) is 24.0 Å². The maximum Gasteiger partial charge on any atom is 0.350 e. The van der Waals surface area contributed by atoms with Crippen molar-refractivity contribution in [1.29, 1.82) is 0 Å². The van der Waals surface area contributed by atoms with Crippen LogP contribution in [0.25, 0.3) is 10.4 Å². The van der Waals surface area contributed by atoms with Gasteiger partial charge in [-0.2, -0.15) is 0 Å². The number of ether oxygens (including phenoxy) is 1. The molecule has 0 fully saturated rings. The fourth-order valence-corrected chi connectivity index (χ4v) is 2.80. The van der Waals surface area contributed by atoms with Crippen LogP contribution in [0, 0.1) is 0 Å². The highest BCUT2D eigenvalue weighted by Gasteiger charge is 2.17. The molecule has 1 heterocycles. The third-order valence-electron chi connectivity index (χ3n) is 2.64. The van der Waals surface area contributed by atoms with Crippen LogP contribution in [-0.2, 0) is 4.74 Å². The van der Waals surface area contributed by atoms with E-state index in [0.717, 1.165) is 10.4 Å². The van der Waals surface area contributed by atoms with E-state index in [1.165, 1.54) is 18.4 Å². The molecule has 4 nitrogen and oxygen atoms in total. The number of hydrogen-bond donors (Lipinski definition) is 0. The van der Waals surface area contributed by atoms with Crippen molar-refractivity contribution in [1.82, 2.24) is 4.90 Å². The van der Waals surface area contributed by atoms with Gasteiger partial charge >= 0.3 is 5.97 Å². The Morgan fingerprint density at radius 3 is 2.39 bits per heavy atom. The normalized spacial score (nSPS) is 10.2. The van der Waals surface area contributed by atoms with E-state index in [4.69, 9.17) is 16.3 Å². The number of nitrogens with zero attached hydrogens (tertiary/aromatic N) is 2. The van der Waals surface area contributed by atoms with Crippen LogP contribution in [-0.4, -0.2) is 38.4 Å². The standard InChI is InChI=1S/C15H15ClN2O2S.C2H6/c1-18(2)9-17-12-8-13(21-14(12)15(19)20-3)10-4-6-11(16)7-5-10;1-2/h4-9H,1-3H3;1-2H3. The Hall–Kier alpha value is -1.85. The predicted octanol–water partition coefficient (Wildman–Crippen LogP) is 5.10. The molecule has 124 valence electrons. The predicted molar refractivity (Wildman–Crippen MR) is 99.3 cm³/mol. The van der Waals surface area contributed by atoms with Crippen LogP contribution in [0.3, 0.4) is 0 Å². The Kier molecular flexibility index (Phi) is 7.78. The first kappa shape index (κ1) is 19.2. The maximum atomic E-state index is 11.9. The van der Waals surface area contributed by atoms with Crippen LogP contribution in [0.4, 0.5) is 5.69 Å². The molecular formula is C17H21ClN2O2S. The van der Waals surface area contributed by atoms with Crippen molar-refractivity contribution >= 4 is 40.9 Å². The lowest BCUT2D eigenvalue weighted by Crippen LogP contribution is -2.07. The van der Waals surface area contributed by atoms with E-state index in [-0.39, 0.29) is 5.97 Å². The van der Waals surface area contributed by atoms with E-state index in [9.17, 15) is 4.79 Å². The Morgan fingerprint density at radius 1 is 1.26 bits per heavy atom. The minimum atomic E-state index is -0.383. The number of esters is 1. The van der Waals surface area contributed by atoms with Gasteiger partial charge in [-0.05, 0) is 23.8 Å². The second-order valence-corrected chi connectivity index (χ2v) is 6.02. The molecule has 0 spiro atoms. The Labute approximate surface area is 146 Å². The molecule has 0 aliphatic rings. The maximum absolute atomic E-state index is 11.9. The zero-order chi connectivity index (χ0) is 17.4. The zero-order valence-electron chi connectivity index (χ0n) is 14.0. The molecule has 0 aliphatic carbocycles. The molecule has 0 amide bonds. The average Bonchev–Trinajstić information content (AvgIpc) is 2.99.